The van der Waals surface area contributed by atoms with E-state index in [1.54, 1.807) is 12.4 Å². The molecule has 0 fully saturated rings. The molecular formula is C29H35N3O2. The SMILES string of the molecule is CCCN(CCC)c1ccc(C2(c3ccc(N(CC)CC)cc3)OC(=O)c3cnccc32)cc1. The molecule has 1 aliphatic heterocycles. The van der Waals surface area contributed by atoms with Crippen LogP contribution < -0.4 is 9.80 Å². The minimum absolute atomic E-state index is 0.335. The first-order valence-corrected chi connectivity index (χ1v) is 12.5. The van der Waals surface area contributed by atoms with Crippen LogP contribution in [0.3, 0.4) is 0 Å². The molecule has 1 aliphatic rings. The van der Waals surface area contributed by atoms with E-state index in [0.29, 0.717) is 5.56 Å². The molecule has 1 atom stereocenters. The van der Waals surface area contributed by atoms with Crippen LogP contribution in [0.5, 0.6) is 0 Å². The summed E-state index contributed by atoms with van der Waals surface area (Å²) >= 11 is 0. The summed E-state index contributed by atoms with van der Waals surface area (Å²) in [5.74, 6) is -0.335. The predicted octanol–water partition coefficient (Wildman–Crippen LogP) is 6.02. The molecule has 0 radical (unpaired) electrons. The Bertz CT molecular complexity index is 1100. The summed E-state index contributed by atoms with van der Waals surface area (Å²) < 4.78 is 6.23. The number of benzene rings is 2. The Hall–Kier alpha value is -3.34. The quantitative estimate of drug-likeness (QED) is 0.349. The van der Waals surface area contributed by atoms with Crippen LogP contribution in [-0.2, 0) is 10.3 Å². The standard InChI is InChI=1S/C29H35N3O2/c1-5-19-32(20-6-2)25-15-11-23(12-16-25)29(27-17-18-30-21-26(27)28(33)34-29)22-9-13-24(14-10-22)31(7-3)8-4/h9-18,21H,5-8,19-20H2,1-4H3. The van der Waals surface area contributed by atoms with Crippen LogP contribution in [0.15, 0.2) is 67.0 Å². The highest BCUT2D eigenvalue weighted by molar-refractivity contribution is 5.96. The van der Waals surface area contributed by atoms with Gasteiger partial charge in [-0.2, -0.15) is 0 Å². The maximum Gasteiger partial charge on any atom is 0.341 e. The van der Waals surface area contributed by atoms with Crippen molar-refractivity contribution in [2.24, 2.45) is 0 Å². The molecule has 3 aromatic rings. The van der Waals surface area contributed by atoms with Crippen molar-refractivity contribution < 1.29 is 9.53 Å². The van der Waals surface area contributed by atoms with E-state index in [-0.39, 0.29) is 5.97 Å². The molecule has 1 unspecified atom stereocenters. The van der Waals surface area contributed by atoms with E-state index in [0.717, 1.165) is 61.4 Å². The van der Waals surface area contributed by atoms with Gasteiger partial charge in [0.25, 0.3) is 0 Å². The first-order chi connectivity index (χ1) is 16.6. The highest BCUT2D eigenvalue weighted by Gasteiger charge is 2.48. The molecule has 2 heterocycles. The maximum atomic E-state index is 13.0. The molecule has 0 saturated heterocycles. The normalized spacial score (nSPS) is 16.8. The third kappa shape index (κ3) is 4.15. The van der Waals surface area contributed by atoms with Gasteiger partial charge in [0.05, 0.1) is 5.56 Å². The van der Waals surface area contributed by atoms with E-state index in [1.165, 1.54) is 5.69 Å². The molecular weight excluding hydrogens is 422 g/mol. The lowest BCUT2D eigenvalue weighted by Gasteiger charge is -2.32. The van der Waals surface area contributed by atoms with E-state index in [9.17, 15) is 4.79 Å². The molecule has 5 nitrogen and oxygen atoms in total. The van der Waals surface area contributed by atoms with E-state index in [4.69, 9.17) is 4.74 Å². The summed E-state index contributed by atoms with van der Waals surface area (Å²) in [4.78, 5) is 21.9. The molecule has 1 aromatic heterocycles. The number of hydrogen-bond donors (Lipinski definition) is 0. The van der Waals surface area contributed by atoms with Crippen molar-refractivity contribution in [3.05, 3.63) is 89.2 Å². The van der Waals surface area contributed by atoms with Crippen molar-refractivity contribution in [3.63, 3.8) is 0 Å². The lowest BCUT2D eigenvalue weighted by Crippen LogP contribution is -2.30. The first kappa shape index (κ1) is 23.8. The van der Waals surface area contributed by atoms with Gasteiger partial charge in [-0.05, 0) is 57.0 Å². The average molecular weight is 458 g/mol. The number of carbonyl (C=O) groups excluding carboxylic acids is 1. The van der Waals surface area contributed by atoms with E-state index >= 15 is 0 Å². The van der Waals surface area contributed by atoms with E-state index in [2.05, 4.69) is 91.0 Å². The van der Waals surface area contributed by atoms with Gasteiger partial charge >= 0.3 is 5.97 Å². The van der Waals surface area contributed by atoms with Crippen LogP contribution in [0.4, 0.5) is 11.4 Å². The smallest absolute Gasteiger partial charge is 0.341 e. The van der Waals surface area contributed by atoms with Crippen LogP contribution in [0, 0.1) is 0 Å². The monoisotopic (exact) mass is 457 g/mol. The molecule has 0 amide bonds. The summed E-state index contributed by atoms with van der Waals surface area (Å²) in [6.45, 7) is 12.7. The summed E-state index contributed by atoms with van der Waals surface area (Å²) in [5.41, 5.74) is 4.61. The topological polar surface area (TPSA) is 45.7 Å². The molecule has 178 valence electrons. The molecule has 0 bridgehead atoms. The van der Waals surface area contributed by atoms with Crippen LogP contribution in [0.25, 0.3) is 0 Å². The minimum atomic E-state index is -0.990. The summed E-state index contributed by atoms with van der Waals surface area (Å²) in [7, 11) is 0. The fourth-order valence-corrected chi connectivity index (χ4v) is 5.02. The lowest BCUT2D eigenvalue weighted by molar-refractivity contribution is 0.0251. The van der Waals surface area contributed by atoms with Gasteiger partial charge in [-0.25, -0.2) is 4.79 Å². The molecule has 34 heavy (non-hydrogen) atoms. The number of esters is 1. The fourth-order valence-electron chi connectivity index (χ4n) is 5.02. The molecule has 0 saturated carbocycles. The van der Waals surface area contributed by atoms with Crippen molar-refractivity contribution >= 4 is 17.3 Å². The zero-order valence-electron chi connectivity index (χ0n) is 20.8. The third-order valence-electron chi connectivity index (χ3n) is 6.69. The van der Waals surface area contributed by atoms with Gasteiger partial charge < -0.3 is 14.5 Å². The second-order valence-electron chi connectivity index (χ2n) is 8.75. The van der Waals surface area contributed by atoms with Gasteiger partial charge in [0.2, 0.25) is 0 Å². The highest BCUT2D eigenvalue weighted by Crippen LogP contribution is 2.47. The van der Waals surface area contributed by atoms with Crippen molar-refractivity contribution in [2.45, 2.75) is 46.1 Å². The molecule has 0 aliphatic carbocycles. The number of ether oxygens (including phenoxy) is 1. The molecule has 0 N–H and O–H groups in total. The van der Waals surface area contributed by atoms with Gasteiger partial charge in [0.15, 0.2) is 5.60 Å². The fraction of sp³-hybridized carbons (Fsp3) is 0.379. The Morgan fingerprint density at radius 1 is 0.765 bits per heavy atom. The van der Waals surface area contributed by atoms with Gasteiger partial charge in [0, 0.05) is 66.6 Å². The second kappa shape index (κ2) is 10.3. The van der Waals surface area contributed by atoms with Crippen LogP contribution in [-0.4, -0.2) is 37.1 Å². The number of nitrogens with zero attached hydrogens (tertiary/aromatic N) is 3. The van der Waals surface area contributed by atoms with E-state index in [1.807, 2.05) is 6.07 Å². The first-order valence-electron chi connectivity index (χ1n) is 12.5. The molecule has 4 rings (SSSR count). The average Bonchev–Trinajstić information content (AvgIpc) is 3.19. The Morgan fingerprint density at radius 2 is 1.29 bits per heavy atom. The Balaban J connectivity index is 1.82. The maximum absolute atomic E-state index is 13.0. The number of cyclic esters (lactones) is 1. The second-order valence-corrected chi connectivity index (χ2v) is 8.75. The van der Waals surface area contributed by atoms with Gasteiger partial charge in [-0.1, -0.05) is 38.1 Å². The number of carbonyl (C=O) groups is 1. The van der Waals surface area contributed by atoms with Crippen molar-refractivity contribution in [2.75, 3.05) is 36.0 Å². The lowest BCUT2D eigenvalue weighted by atomic mass is 9.80. The highest BCUT2D eigenvalue weighted by atomic mass is 16.6. The Kier molecular flexibility index (Phi) is 7.20. The number of rotatable bonds is 10. The molecule has 0 spiro atoms. The Labute approximate surface area is 203 Å². The van der Waals surface area contributed by atoms with Gasteiger partial charge in [-0.3, -0.25) is 4.98 Å². The molecule has 5 heteroatoms. The van der Waals surface area contributed by atoms with Crippen LogP contribution >= 0.6 is 0 Å². The summed E-state index contributed by atoms with van der Waals surface area (Å²) in [6.07, 6.45) is 5.55. The Morgan fingerprint density at radius 3 is 1.79 bits per heavy atom. The zero-order valence-corrected chi connectivity index (χ0v) is 20.8. The van der Waals surface area contributed by atoms with Crippen molar-refractivity contribution in [3.8, 4) is 0 Å². The molecule has 2 aromatic carbocycles. The largest absolute Gasteiger partial charge is 0.441 e. The third-order valence-corrected chi connectivity index (χ3v) is 6.69. The van der Waals surface area contributed by atoms with Crippen LogP contribution in [0.2, 0.25) is 0 Å². The summed E-state index contributed by atoms with van der Waals surface area (Å²) in [6, 6.07) is 18.8. The number of pyridine rings is 1. The van der Waals surface area contributed by atoms with Crippen molar-refractivity contribution in [1.29, 1.82) is 0 Å². The number of anilines is 2. The zero-order chi connectivity index (χ0) is 24.1. The van der Waals surface area contributed by atoms with Crippen LogP contribution in [0.1, 0.15) is 67.6 Å². The minimum Gasteiger partial charge on any atom is -0.441 e. The number of fused-ring (bicyclic) bond motifs is 1. The number of aromatic nitrogens is 1. The number of hydrogen-bond acceptors (Lipinski definition) is 5. The van der Waals surface area contributed by atoms with Gasteiger partial charge in [0.1, 0.15) is 0 Å². The van der Waals surface area contributed by atoms with E-state index < -0.39 is 5.60 Å². The van der Waals surface area contributed by atoms with Gasteiger partial charge in [-0.15, -0.1) is 0 Å². The van der Waals surface area contributed by atoms with Crippen molar-refractivity contribution in [1.82, 2.24) is 4.98 Å². The predicted molar refractivity (Wildman–Crippen MR) is 139 cm³/mol. The summed E-state index contributed by atoms with van der Waals surface area (Å²) in [5, 5.41) is 0.